The smallest absolute Gasteiger partial charge is 1.00 e. The molecular formula is C44H56Cl2Hf. The zero-order valence-corrected chi connectivity index (χ0v) is 35.3. The molecular weight excluding hydrogens is 778 g/mol. The van der Waals surface area contributed by atoms with E-state index in [1.807, 2.05) is 8.90 Å². The van der Waals surface area contributed by atoms with Crippen LogP contribution in [0.25, 0.3) is 5.57 Å². The Morgan fingerprint density at radius 3 is 2.04 bits per heavy atom. The average Bonchev–Trinajstić information content (AvgIpc) is 3.66. The summed E-state index contributed by atoms with van der Waals surface area (Å²) in [5.41, 5.74) is 10.9. The molecule has 0 saturated heterocycles. The summed E-state index contributed by atoms with van der Waals surface area (Å²) in [4.78, 5) is 0. The van der Waals surface area contributed by atoms with E-state index in [-0.39, 0.29) is 49.6 Å². The number of rotatable bonds is 2. The van der Waals surface area contributed by atoms with Crippen molar-refractivity contribution in [2.45, 2.75) is 116 Å². The molecule has 9 aliphatic rings. The Hall–Kier alpha value is -0.760. The van der Waals surface area contributed by atoms with Crippen molar-refractivity contribution in [2.24, 2.45) is 51.2 Å². The minimum Gasteiger partial charge on any atom is -1.00 e. The number of halogens is 2. The number of allylic oxidation sites excluding steroid dienone is 10. The van der Waals surface area contributed by atoms with Crippen LogP contribution < -0.4 is 24.8 Å². The van der Waals surface area contributed by atoms with E-state index in [1.54, 1.807) is 34.3 Å². The Labute approximate surface area is 305 Å². The van der Waals surface area contributed by atoms with Crippen molar-refractivity contribution in [1.82, 2.24) is 0 Å². The number of hydrogen-bond acceptors (Lipinski definition) is 0. The van der Waals surface area contributed by atoms with Crippen molar-refractivity contribution in [1.29, 1.82) is 0 Å². The van der Waals surface area contributed by atoms with Crippen LogP contribution in [0.15, 0.2) is 74.7 Å². The maximum absolute atomic E-state index is 2.94. The summed E-state index contributed by atoms with van der Waals surface area (Å²) in [6.45, 7) is 22.2. The minimum absolute atomic E-state index is 0. The summed E-state index contributed by atoms with van der Waals surface area (Å²) >= 11 is -2.79. The Kier molecular flexibility index (Phi) is 8.20. The summed E-state index contributed by atoms with van der Waals surface area (Å²) in [6, 6.07) is 9.56. The molecule has 0 heterocycles. The molecule has 5 saturated carbocycles. The van der Waals surface area contributed by atoms with Crippen LogP contribution in [0, 0.1) is 51.2 Å². The second-order valence-electron chi connectivity index (χ2n) is 18.7. The summed E-state index contributed by atoms with van der Waals surface area (Å²) in [5, 5.41) is 0. The van der Waals surface area contributed by atoms with Gasteiger partial charge in [0, 0.05) is 0 Å². The van der Waals surface area contributed by atoms with Gasteiger partial charge in [0.2, 0.25) is 0 Å². The van der Waals surface area contributed by atoms with Gasteiger partial charge in [-0.15, -0.1) is 0 Å². The van der Waals surface area contributed by atoms with Crippen LogP contribution in [0.2, 0.25) is 3.17 Å². The number of hydrogen-bond donors (Lipinski definition) is 0. The molecule has 3 heteroatoms. The average molecular weight is 834 g/mol. The van der Waals surface area contributed by atoms with Crippen LogP contribution >= 0.6 is 0 Å². The fraction of sp³-hybridized carbons (Fsp3) is 0.614. The fourth-order valence-corrected chi connectivity index (χ4v) is 32.1. The standard InChI is InChI=1S/C29H37.C10H14.C5H5.2ClH.Hf/c1-18-25-22-17-19-13-9-10-14-20(19)24(22)21-15-11-12-16-23(21)29(25,8)28(6,7)27(4,5)26(18,2)3;1-7-2-9-4-8(1)5-10(3-7)6-9;1-2-4-5-3-1;;;/h9-11,13-15,23H,12,16-17H2,1-8H3;7-10H,1-5H2;1-3H,4H2;2*1H;/q;;;;;+2/p-2. The quantitative estimate of drug-likeness (QED) is 0.339. The maximum atomic E-state index is 2.94. The first-order valence-electron chi connectivity index (χ1n) is 18.7. The van der Waals surface area contributed by atoms with E-state index in [2.05, 4.69) is 113 Å². The monoisotopic (exact) mass is 834 g/mol. The van der Waals surface area contributed by atoms with E-state index in [0.717, 1.165) is 30.1 Å². The number of fused-ring (bicyclic) bond motifs is 6. The zero-order valence-electron chi connectivity index (χ0n) is 30.2. The van der Waals surface area contributed by atoms with Gasteiger partial charge in [-0.1, -0.05) is 0 Å². The van der Waals surface area contributed by atoms with Gasteiger partial charge in [-0.3, -0.25) is 0 Å². The first-order chi connectivity index (χ1) is 21.3. The van der Waals surface area contributed by atoms with Crippen LogP contribution in [-0.2, 0) is 27.4 Å². The molecule has 0 spiro atoms. The van der Waals surface area contributed by atoms with Crippen molar-refractivity contribution in [3.8, 4) is 0 Å². The van der Waals surface area contributed by atoms with E-state index in [0.29, 0.717) is 5.92 Å². The van der Waals surface area contributed by atoms with Gasteiger partial charge in [0.25, 0.3) is 0 Å². The largest absolute Gasteiger partial charge is 1.00 e. The zero-order chi connectivity index (χ0) is 31.3. The summed E-state index contributed by atoms with van der Waals surface area (Å²) < 4.78 is 4.43. The molecule has 3 atom stereocenters. The van der Waals surface area contributed by atoms with Gasteiger partial charge in [-0.2, -0.15) is 0 Å². The Morgan fingerprint density at radius 2 is 1.40 bits per heavy atom. The summed E-state index contributed by atoms with van der Waals surface area (Å²) in [6.07, 6.45) is 25.4. The molecule has 0 N–H and O–H groups in total. The molecule has 0 aliphatic heterocycles. The molecule has 1 aromatic rings. The van der Waals surface area contributed by atoms with Crippen LogP contribution in [0.1, 0.15) is 118 Å². The summed E-state index contributed by atoms with van der Waals surface area (Å²) in [7, 11) is 0. The van der Waals surface area contributed by atoms with Crippen LogP contribution in [0.3, 0.4) is 0 Å². The Bertz CT molecular complexity index is 1690. The van der Waals surface area contributed by atoms with Gasteiger partial charge in [-0.05, 0) is 0 Å². The molecule has 9 aliphatic carbocycles. The van der Waals surface area contributed by atoms with Crippen LogP contribution in [0.5, 0.6) is 0 Å². The first kappa shape index (κ1) is 34.7. The van der Waals surface area contributed by atoms with Crippen LogP contribution in [-0.4, -0.2) is 3.26 Å². The second kappa shape index (κ2) is 11.1. The first-order valence-corrected chi connectivity index (χ1v) is 24.1. The Morgan fingerprint density at radius 1 is 0.745 bits per heavy atom. The molecule has 1 aromatic carbocycles. The molecule has 0 amide bonds. The minimum atomic E-state index is -2.79. The molecule has 0 aromatic heterocycles. The fourth-order valence-electron chi connectivity index (χ4n) is 13.9. The van der Waals surface area contributed by atoms with E-state index in [9.17, 15) is 0 Å². The van der Waals surface area contributed by atoms with E-state index in [1.165, 1.54) is 44.9 Å². The molecule has 0 radical (unpaired) electrons. The van der Waals surface area contributed by atoms with Crippen molar-refractivity contribution in [2.75, 3.05) is 0 Å². The van der Waals surface area contributed by atoms with Gasteiger partial charge >= 0.3 is 283 Å². The van der Waals surface area contributed by atoms with Gasteiger partial charge in [0.15, 0.2) is 0 Å². The second-order valence-corrected chi connectivity index (χ2v) is 29.4. The normalized spacial score (nSPS) is 38.8. The molecule has 4 bridgehead atoms. The van der Waals surface area contributed by atoms with E-state index in [4.69, 9.17) is 0 Å². The van der Waals surface area contributed by atoms with Gasteiger partial charge < -0.3 is 24.8 Å². The molecule has 250 valence electrons. The predicted molar refractivity (Wildman–Crippen MR) is 188 cm³/mol. The molecule has 3 unspecified atom stereocenters. The third-order valence-corrected chi connectivity index (χ3v) is 32.5. The maximum Gasteiger partial charge on any atom is -1.00 e. The van der Waals surface area contributed by atoms with Crippen molar-refractivity contribution in [3.63, 3.8) is 0 Å². The van der Waals surface area contributed by atoms with Gasteiger partial charge in [0.05, 0.1) is 0 Å². The number of benzene rings is 1. The van der Waals surface area contributed by atoms with Crippen molar-refractivity contribution in [3.05, 3.63) is 85.8 Å². The SMILES string of the molecule is CC12C(=C3Cc4ccccc4C3=C3C=CCCC31)[C](C)([Hf+2]([C]1=CC=CC1)=[C]1C3CC4CC(C3)CC1C4)C(C)(C)C(C)(C)C2(C)C.[Cl-].[Cl-]. The third kappa shape index (κ3) is 4.07. The molecule has 10 rings (SSSR count). The van der Waals surface area contributed by atoms with Crippen molar-refractivity contribution < 1.29 is 45.8 Å². The van der Waals surface area contributed by atoms with Crippen molar-refractivity contribution >= 4 is 8.83 Å². The van der Waals surface area contributed by atoms with Gasteiger partial charge in [0.1, 0.15) is 0 Å². The summed E-state index contributed by atoms with van der Waals surface area (Å²) in [5.74, 6) is 4.51. The molecule has 5 fully saturated rings. The van der Waals surface area contributed by atoms with E-state index < -0.39 is 21.0 Å². The topological polar surface area (TPSA) is 0 Å². The third-order valence-electron chi connectivity index (χ3n) is 17.1. The van der Waals surface area contributed by atoms with Gasteiger partial charge in [-0.25, -0.2) is 0 Å². The Balaban J connectivity index is 0.00000176. The van der Waals surface area contributed by atoms with E-state index >= 15 is 0 Å². The molecule has 47 heavy (non-hydrogen) atoms. The predicted octanol–water partition coefficient (Wildman–Crippen LogP) is 5.65. The van der Waals surface area contributed by atoms with Crippen LogP contribution in [0.4, 0.5) is 0 Å². The molecule has 0 nitrogen and oxygen atoms in total.